The number of aryl methyl sites for hydroxylation is 2. The van der Waals surface area contributed by atoms with Crippen molar-refractivity contribution in [1.82, 2.24) is 0 Å². The van der Waals surface area contributed by atoms with Crippen molar-refractivity contribution in [3.05, 3.63) is 81.1 Å². The van der Waals surface area contributed by atoms with Crippen molar-refractivity contribution >= 4 is 34.5 Å². The molecule has 0 spiro atoms. The molecule has 2 heterocycles. The Labute approximate surface area is 190 Å². The Morgan fingerprint density at radius 3 is 2.44 bits per heavy atom. The minimum Gasteiger partial charge on any atom is -0.507 e. The van der Waals surface area contributed by atoms with Gasteiger partial charge in [-0.2, -0.15) is 0 Å². The maximum absolute atomic E-state index is 13.3. The van der Waals surface area contributed by atoms with Crippen LogP contribution in [0.1, 0.15) is 27.6 Å². The number of carbonyl (C=O) groups excluding carboxylic acids is 2. The van der Waals surface area contributed by atoms with E-state index in [0.29, 0.717) is 22.7 Å². The van der Waals surface area contributed by atoms with Crippen LogP contribution in [0.25, 0.3) is 5.76 Å². The average Bonchev–Trinajstić information content (AvgIpc) is 3.33. The number of aliphatic hydroxyl groups excluding tert-OH is 1. The summed E-state index contributed by atoms with van der Waals surface area (Å²) >= 11 is 1.44. The third-order valence-corrected chi connectivity index (χ3v) is 6.61. The van der Waals surface area contributed by atoms with Gasteiger partial charge in [-0.15, -0.1) is 11.3 Å². The first-order valence-electron chi connectivity index (χ1n) is 10.0. The Balaban J connectivity index is 1.97. The first-order valence-corrected chi connectivity index (χ1v) is 10.9. The van der Waals surface area contributed by atoms with E-state index in [2.05, 4.69) is 0 Å². The SMILES string of the molecule is COc1ccc(/C(O)=C2\C(=O)C(=O)N(c3cccc(C)c3)C2c2sccc2C)c(OC)c1. The highest BCUT2D eigenvalue weighted by atomic mass is 32.1. The van der Waals surface area contributed by atoms with Crippen LogP contribution >= 0.6 is 11.3 Å². The summed E-state index contributed by atoms with van der Waals surface area (Å²) in [6.07, 6.45) is 0. The molecule has 1 aliphatic heterocycles. The van der Waals surface area contributed by atoms with Crippen molar-refractivity contribution in [2.24, 2.45) is 0 Å². The molecule has 0 saturated carbocycles. The number of amides is 1. The summed E-state index contributed by atoms with van der Waals surface area (Å²) in [6.45, 7) is 3.85. The fraction of sp³-hybridized carbons (Fsp3) is 0.200. The number of hydrogen-bond donors (Lipinski definition) is 1. The first-order chi connectivity index (χ1) is 15.4. The van der Waals surface area contributed by atoms with E-state index >= 15 is 0 Å². The number of carbonyl (C=O) groups is 2. The van der Waals surface area contributed by atoms with Gasteiger partial charge in [-0.05, 0) is 60.7 Å². The van der Waals surface area contributed by atoms with Gasteiger partial charge in [0.1, 0.15) is 23.3 Å². The Bertz CT molecular complexity index is 1240. The van der Waals surface area contributed by atoms with Gasteiger partial charge in [0.05, 0.1) is 25.4 Å². The van der Waals surface area contributed by atoms with Crippen molar-refractivity contribution in [3.63, 3.8) is 0 Å². The number of benzene rings is 2. The van der Waals surface area contributed by atoms with E-state index in [4.69, 9.17) is 9.47 Å². The molecule has 3 aromatic rings. The Morgan fingerprint density at radius 1 is 1.03 bits per heavy atom. The summed E-state index contributed by atoms with van der Waals surface area (Å²) in [4.78, 5) is 28.8. The van der Waals surface area contributed by atoms with Crippen LogP contribution < -0.4 is 14.4 Å². The number of hydrogen-bond acceptors (Lipinski definition) is 6. The molecule has 1 aliphatic rings. The van der Waals surface area contributed by atoms with Gasteiger partial charge >= 0.3 is 0 Å². The van der Waals surface area contributed by atoms with Crippen molar-refractivity contribution in [3.8, 4) is 11.5 Å². The fourth-order valence-corrected chi connectivity index (χ4v) is 4.95. The second-order valence-electron chi connectivity index (χ2n) is 7.54. The second-order valence-corrected chi connectivity index (χ2v) is 8.49. The number of aliphatic hydroxyl groups is 1. The monoisotopic (exact) mass is 449 g/mol. The smallest absolute Gasteiger partial charge is 0.300 e. The van der Waals surface area contributed by atoms with Gasteiger partial charge in [0.15, 0.2) is 0 Å². The molecule has 2 aromatic carbocycles. The summed E-state index contributed by atoms with van der Waals surface area (Å²) < 4.78 is 10.7. The van der Waals surface area contributed by atoms with E-state index in [9.17, 15) is 14.7 Å². The number of rotatable bonds is 5. The number of nitrogens with zero attached hydrogens (tertiary/aromatic N) is 1. The lowest BCUT2D eigenvalue weighted by molar-refractivity contribution is -0.132. The van der Waals surface area contributed by atoms with Crippen LogP contribution in [0.5, 0.6) is 11.5 Å². The lowest BCUT2D eigenvalue weighted by Gasteiger charge is -2.25. The zero-order valence-electron chi connectivity index (χ0n) is 18.2. The highest BCUT2D eigenvalue weighted by Gasteiger charge is 2.48. The molecule has 1 fully saturated rings. The van der Waals surface area contributed by atoms with Gasteiger partial charge in [-0.1, -0.05) is 12.1 Å². The summed E-state index contributed by atoms with van der Waals surface area (Å²) in [5, 5.41) is 13.2. The molecule has 1 N–H and O–H groups in total. The molecule has 4 rings (SSSR count). The summed E-state index contributed by atoms with van der Waals surface area (Å²) in [5.41, 5.74) is 2.85. The molecule has 1 unspecified atom stereocenters. The fourth-order valence-electron chi connectivity index (χ4n) is 3.93. The molecule has 1 saturated heterocycles. The van der Waals surface area contributed by atoms with Crippen molar-refractivity contribution in [1.29, 1.82) is 0 Å². The molecule has 0 aliphatic carbocycles. The molecular weight excluding hydrogens is 426 g/mol. The summed E-state index contributed by atoms with van der Waals surface area (Å²) in [6, 6.07) is 13.5. The maximum Gasteiger partial charge on any atom is 0.300 e. The number of anilines is 1. The quantitative estimate of drug-likeness (QED) is 0.337. The molecule has 7 heteroatoms. The van der Waals surface area contributed by atoms with Gasteiger partial charge in [0, 0.05) is 16.6 Å². The van der Waals surface area contributed by atoms with E-state index in [1.54, 1.807) is 24.3 Å². The molecule has 0 radical (unpaired) electrons. The molecular formula is C25H23NO5S. The number of ketones is 1. The number of methoxy groups -OCH3 is 2. The molecule has 6 nitrogen and oxygen atoms in total. The van der Waals surface area contributed by atoms with Crippen LogP contribution in [0.2, 0.25) is 0 Å². The number of thiophene rings is 1. The molecule has 0 bridgehead atoms. The van der Waals surface area contributed by atoms with Crippen molar-refractivity contribution in [2.45, 2.75) is 19.9 Å². The Morgan fingerprint density at radius 2 is 1.81 bits per heavy atom. The zero-order chi connectivity index (χ0) is 23.0. The third-order valence-electron chi connectivity index (χ3n) is 5.54. The van der Waals surface area contributed by atoms with Crippen LogP contribution in [0.15, 0.2) is 59.5 Å². The highest BCUT2D eigenvalue weighted by molar-refractivity contribution is 7.10. The van der Waals surface area contributed by atoms with Crippen LogP contribution in [0.4, 0.5) is 5.69 Å². The van der Waals surface area contributed by atoms with Crippen LogP contribution in [-0.2, 0) is 9.59 Å². The van der Waals surface area contributed by atoms with Gasteiger partial charge in [0.25, 0.3) is 11.7 Å². The summed E-state index contributed by atoms with van der Waals surface area (Å²) in [7, 11) is 3.00. The maximum atomic E-state index is 13.3. The van der Waals surface area contributed by atoms with Crippen LogP contribution in [-0.4, -0.2) is 31.0 Å². The molecule has 32 heavy (non-hydrogen) atoms. The van der Waals surface area contributed by atoms with Crippen LogP contribution in [0, 0.1) is 13.8 Å². The van der Waals surface area contributed by atoms with E-state index in [1.807, 2.05) is 43.5 Å². The zero-order valence-corrected chi connectivity index (χ0v) is 19.0. The minimum atomic E-state index is -0.747. The molecule has 1 amide bonds. The largest absolute Gasteiger partial charge is 0.507 e. The number of ether oxygens (including phenoxy) is 2. The number of Topliss-reactive ketones (excluding diaryl/α,β-unsaturated/α-hetero) is 1. The topological polar surface area (TPSA) is 76.1 Å². The Kier molecular flexibility index (Phi) is 5.76. The molecule has 1 atom stereocenters. The predicted octanol–water partition coefficient (Wildman–Crippen LogP) is 5.01. The van der Waals surface area contributed by atoms with E-state index < -0.39 is 17.7 Å². The standard InChI is InChI=1S/C25H23NO5S/c1-14-6-5-7-16(12-14)26-21(24-15(2)10-11-32-24)20(23(28)25(26)29)22(27)18-9-8-17(30-3)13-19(18)31-4/h5-13,21,27H,1-4H3/b22-20+. The average molecular weight is 450 g/mol. The van der Waals surface area contributed by atoms with Gasteiger partial charge in [0.2, 0.25) is 0 Å². The van der Waals surface area contributed by atoms with E-state index in [0.717, 1.165) is 16.0 Å². The molecule has 1 aromatic heterocycles. The van der Waals surface area contributed by atoms with Crippen molar-refractivity contribution < 1.29 is 24.2 Å². The minimum absolute atomic E-state index is 0.0329. The van der Waals surface area contributed by atoms with E-state index in [-0.39, 0.29) is 11.3 Å². The summed E-state index contributed by atoms with van der Waals surface area (Å²) in [5.74, 6) is -0.813. The predicted molar refractivity (Wildman–Crippen MR) is 125 cm³/mol. The van der Waals surface area contributed by atoms with E-state index in [1.165, 1.54) is 30.5 Å². The second kappa shape index (κ2) is 8.51. The van der Waals surface area contributed by atoms with Crippen molar-refractivity contribution in [2.75, 3.05) is 19.1 Å². The van der Waals surface area contributed by atoms with Gasteiger partial charge in [-0.3, -0.25) is 14.5 Å². The van der Waals surface area contributed by atoms with Crippen LogP contribution in [0.3, 0.4) is 0 Å². The molecule has 164 valence electrons. The lowest BCUT2D eigenvalue weighted by atomic mass is 9.97. The highest BCUT2D eigenvalue weighted by Crippen LogP contribution is 2.46. The van der Waals surface area contributed by atoms with Gasteiger partial charge in [-0.25, -0.2) is 0 Å². The normalized spacial score (nSPS) is 17.6. The van der Waals surface area contributed by atoms with Gasteiger partial charge < -0.3 is 14.6 Å². The lowest BCUT2D eigenvalue weighted by Crippen LogP contribution is -2.29. The Hall–Kier alpha value is -3.58. The third kappa shape index (κ3) is 3.54. The first kappa shape index (κ1) is 21.6.